The Morgan fingerprint density at radius 3 is 3.18 bits per heavy atom. The normalized spacial score (nSPS) is 21.9. The van der Waals surface area contributed by atoms with Crippen LogP contribution in [0, 0.1) is 5.92 Å². The minimum Gasteiger partial charge on any atom is -0.468 e. The van der Waals surface area contributed by atoms with Gasteiger partial charge >= 0.3 is 5.97 Å². The van der Waals surface area contributed by atoms with Crippen LogP contribution in [0.5, 0.6) is 0 Å². The molecule has 11 heavy (non-hydrogen) atoms. The number of carbonyl (C=O) groups excluding carboxylic acids is 2. The fraction of sp³-hybridized carbons (Fsp3) is 0.500. The van der Waals surface area contributed by atoms with Gasteiger partial charge in [0.15, 0.2) is 6.29 Å². The predicted octanol–water partition coefficient (Wildman–Crippen LogP) is -0.639. The van der Waals surface area contributed by atoms with E-state index in [4.69, 9.17) is 0 Å². The number of ether oxygens (including phenoxy) is 1. The third-order valence-corrected chi connectivity index (χ3v) is 1.37. The first-order valence-electron chi connectivity index (χ1n) is 3.02. The molecule has 0 fully saturated rings. The summed E-state index contributed by atoms with van der Waals surface area (Å²) in [4.78, 5) is 25.6. The molecule has 0 spiro atoms. The second-order valence-electron chi connectivity index (χ2n) is 2.01. The molecule has 1 aliphatic rings. The van der Waals surface area contributed by atoms with Crippen molar-refractivity contribution in [2.75, 3.05) is 13.7 Å². The number of oxime groups is 1. The van der Waals surface area contributed by atoms with E-state index < -0.39 is 11.9 Å². The standard InChI is InChI=1S/C6H7NO4/c1-10-6(9)4-3-11-7-5(4)2-8/h2,4H,3H2,1H3. The van der Waals surface area contributed by atoms with E-state index in [0.717, 1.165) is 0 Å². The van der Waals surface area contributed by atoms with E-state index in [1.165, 1.54) is 7.11 Å². The number of carbonyl (C=O) groups is 2. The van der Waals surface area contributed by atoms with Gasteiger partial charge in [0.25, 0.3) is 0 Å². The summed E-state index contributed by atoms with van der Waals surface area (Å²) in [5.41, 5.74) is 0.0943. The highest BCUT2D eigenvalue weighted by atomic mass is 16.6. The fourth-order valence-electron chi connectivity index (χ4n) is 0.770. The molecule has 0 N–H and O–H groups in total. The quantitative estimate of drug-likeness (QED) is 0.395. The number of hydrogen-bond acceptors (Lipinski definition) is 5. The SMILES string of the molecule is COC(=O)C1CON=C1C=O. The molecular weight excluding hydrogens is 150 g/mol. The largest absolute Gasteiger partial charge is 0.468 e. The summed E-state index contributed by atoms with van der Waals surface area (Å²) in [7, 11) is 1.25. The van der Waals surface area contributed by atoms with Crippen LogP contribution in [-0.2, 0) is 19.2 Å². The number of nitrogens with zero attached hydrogens (tertiary/aromatic N) is 1. The Morgan fingerprint density at radius 1 is 1.91 bits per heavy atom. The topological polar surface area (TPSA) is 65.0 Å². The maximum absolute atomic E-state index is 10.8. The molecule has 1 atom stereocenters. The summed E-state index contributed by atoms with van der Waals surface area (Å²) in [6.07, 6.45) is 0.495. The van der Waals surface area contributed by atoms with Crippen molar-refractivity contribution >= 4 is 18.0 Å². The van der Waals surface area contributed by atoms with Crippen molar-refractivity contribution in [2.45, 2.75) is 0 Å². The van der Waals surface area contributed by atoms with Crippen molar-refractivity contribution < 1.29 is 19.2 Å². The van der Waals surface area contributed by atoms with E-state index in [9.17, 15) is 9.59 Å². The highest BCUT2D eigenvalue weighted by Gasteiger charge is 2.30. The highest BCUT2D eigenvalue weighted by molar-refractivity contribution is 6.33. The fourth-order valence-corrected chi connectivity index (χ4v) is 0.770. The van der Waals surface area contributed by atoms with Crippen molar-refractivity contribution in [3.8, 4) is 0 Å². The monoisotopic (exact) mass is 157 g/mol. The number of aldehydes is 1. The van der Waals surface area contributed by atoms with Gasteiger partial charge in [0.1, 0.15) is 18.2 Å². The van der Waals surface area contributed by atoms with E-state index in [1.807, 2.05) is 0 Å². The smallest absolute Gasteiger partial charge is 0.318 e. The summed E-state index contributed by atoms with van der Waals surface area (Å²) in [6.45, 7) is 0.0980. The van der Waals surface area contributed by atoms with Gasteiger partial charge in [0, 0.05) is 0 Å². The molecule has 5 heteroatoms. The maximum atomic E-state index is 10.8. The molecule has 0 saturated heterocycles. The average Bonchev–Trinajstić information content (AvgIpc) is 2.50. The second kappa shape index (κ2) is 3.14. The molecule has 0 amide bonds. The number of methoxy groups -OCH3 is 1. The lowest BCUT2D eigenvalue weighted by Gasteiger charge is -2.02. The molecule has 1 aliphatic heterocycles. The van der Waals surface area contributed by atoms with Gasteiger partial charge in [-0.3, -0.25) is 9.59 Å². The zero-order valence-corrected chi connectivity index (χ0v) is 5.94. The summed E-state index contributed by atoms with van der Waals surface area (Å²) in [5, 5.41) is 3.35. The van der Waals surface area contributed by atoms with Gasteiger partial charge in [0.2, 0.25) is 0 Å². The van der Waals surface area contributed by atoms with Crippen molar-refractivity contribution in [2.24, 2.45) is 11.1 Å². The zero-order chi connectivity index (χ0) is 8.27. The summed E-state index contributed by atoms with van der Waals surface area (Å²) < 4.78 is 4.41. The van der Waals surface area contributed by atoms with Crippen LogP contribution in [0.1, 0.15) is 0 Å². The maximum Gasteiger partial charge on any atom is 0.318 e. The Balaban J connectivity index is 2.67. The van der Waals surface area contributed by atoms with E-state index in [0.29, 0.717) is 6.29 Å². The van der Waals surface area contributed by atoms with Crippen LogP contribution < -0.4 is 0 Å². The van der Waals surface area contributed by atoms with Gasteiger partial charge < -0.3 is 9.57 Å². The van der Waals surface area contributed by atoms with E-state index in [2.05, 4.69) is 14.7 Å². The molecule has 0 radical (unpaired) electrons. The molecule has 1 unspecified atom stereocenters. The van der Waals surface area contributed by atoms with E-state index in [1.54, 1.807) is 0 Å². The van der Waals surface area contributed by atoms with E-state index in [-0.39, 0.29) is 12.3 Å². The molecule has 5 nitrogen and oxygen atoms in total. The van der Waals surface area contributed by atoms with Crippen LogP contribution in [0.2, 0.25) is 0 Å². The lowest BCUT2D eigenvalue weighted by atomic mass is 10.1. The summed E-state index contributed by atoms with van der Waals surface area (Å²) in [6, 6.07) is 0. The molecule has 0 aromatic heterocycles. The van der Waals surface area contributed by atoms with Gasteiger partial charge in [-0.25, -0.2) is 0 Å². The van der Waals surface area contributed by atoms with Crippen LogP contribution in [0.15, 0.2) is 5.16 Å². The Morgan fingerprint density at radius 2 is 2.64 bits per heavy atom. The zero-order valence-electron chi connectivity index (χ0n) is 5.94. The minimum atomic E-state index is -0.641. The first-order chi connectivity index (χ1) is 5.29. The van der Waals surface area contributed by atoms with Gasteiger partial charge in [-0.05, 0) is 0 Å². The van der Waals surface area contributed by atoms with Crippen LogP contribution in [0.4, 0.5) is 0 Å². The molecule has 1 rings (SSSR count). The van der Waals surface area contributed by atoms with Crippen molar-refractivity contribution in [3.05, 3.63) is 0 Å². The molecule has 0 bridgehead atoms. The predicted molar refractivity (Wildman–Crippen MR) is 35.0 cm³/mol. The van der Waals surface area contributed by atoms with Crippen molar-refractivity contribution in [3.63, 3.8) is 0 Å². The molecule has 0 aromatic rings. The molecule has 0 aliphatic carbocycles. The number of hydrogen-bond donors (Lipinski definition) is 0. The van der Waals surface area contributed by atoms with Gasteiger partial charge in [0.05, 0.1) is 7.11 Å². The second-order valence-corrected chi connectivity index (χ2v) is 2.01. The van der Waals surface area contributed by atoms with Gasteiger partial charge in [-0.15, -0.1) is 0 Å². The minimum absolute atomic E-state index is 0.0943. The first-order valence-corrected chi connectivity index (χ1v) is 3.02. The summed E-state index contributed by atoms with van der Waals surface area (Å²) >= 11 is 0. The third-order valence-electron chi connectivity index (χ3n) is 1.37. The highest BCUT2D eigenvalue weighted by Crippen LogP contribution is 2.09. The van der Waals surface area contributed by atoms with Crippen LogP contribution in [0.25, 0.3) is 0 Å². The lowest BCUT2D eigenvalue weighted by molar-refractivity contribution is -0.144. The molecular formula is C6H7NO4. The number of rotatable bonds is 2. The third kappa shape index (κ3) is 1.36. The van der Waals surface area contributed by atoms with Crippen molar-refractivity contribution in [1.29, 1.82) is 0 Å². The first kappa shape index (κ1) is 7.71. The lowest BCUT2D eigenvalue weighted by Crippen LogP contribution is -2.25. The van der Waals surface area contributed by atoms with Crippen LogP contribution in [0.3, 0.4) is 0 Å². The van der Waals surface area contributed by atoms with E-state index >= 15 is 0 Å². The molecule has 60 valence electrons. The molecule has 0 saturated carbocycles. The Labute approximate surface area is 63.0 Å². The Bertz CT molecular complexity index is 211. The van der Waals surface area contributed by atoms with Crippen LogP contribution in [-0.4, -0.2) is 31.7 Å². The van der Waals surface area contributed by atoms with Crippen molar-refractivity contribution in [1.82, 2.24) is 0 Å². The van der Waals surface area contributed by atoms with Gasteiger partial charge in [-0.2, -0.15) is 0 Å². The Hall–Kier alpha value is -1.39. The van der Waals surface area contributed by atoms with Gasteiger partial charge in [-0.1, -0.05) is 5.16 Å². The molecule has 0 aromatic carbocycles. The average molecular weight is 157 g/mol. The van der Waals surface area contributed by atoms with Crippen LogP contribution >= 0.6 is 0 Å². The Kier molecular flexibility index (Phi) is 2.20. The number of esters is 1. The molecule has 1 heterocycles. The summed E-state index contributed by atoms with van der Waals surface area (Å²) in [5.74, 6) is -1.13.